The molecule has 0 N–H and O–H groups in total. The smallest absolute Gasteiger partial charge is 0.0547 e. The van der Waals surface area contributed by atoms with Gasteiger partial charge >= 0.3 is 0 Å². The molecule has 1 heteroatoms. The first-order chi connectivity index (χ1) is 25.3. The zero-order valence-electron chi connectivity index (χ0n) is 30.0. The van der Waals surface area contributed by atoms with Crippen LogP contribution in [0.3, 0.4) is 0 Å². The number of fused-ring (bicyclic) bond motifs is 3. The Bertz CT molecular complexity index is 2940. The predicted molar refractivity (Wildman–Crippen MR) is 224 cm³/mol. The van der Waals surface area contributed by atoms with Gasteiger partial charge in [-0.3, -0.25) is 0 Å². The molecule has 1 heterocycles. The molecular weight excluding hydrogens is 627 g/mol. The van der Waals surface area contributed by atoms with Gasteiger partial charge in [0, 0.05) is 16.5 Å². The topological polar surface area (TPSA) is 4.93 Å². The predicted octanol–water partition coefficient (Wildman–Crippen LogP) is 14.3. The molecule has 0 radical (unpaired) electrons. The van der Waals surface area contributed by atoms with E-state index in [9.17, 15) is 0 Å². The van der Waals surface area contributed by atoms with Crippen molar-refractivity contribution in [2.24, 2.45) is 0 Å². The lowest BCUT2D eigenvalue weighted by molar-refractivity contribution is 0.591. The van der Waals surface area contributed by atoms with E-state index in [2.05, 4.69) is 196 Å². The van der Waals surface area contributed by atoms with Gasteiger partial charge in [-0.15, -0.1) is 0 Å². The van der Waals surface area contributed by atoms with E-state index in [1.807, 2.05) is 0 Å². The highest BCUT2D eigenvalue weighted by Gasteiger charge is 2.21. The van der Waals surface area contributed by atoms with Gasteiger partial charge in [0.15, 0.2) is 0 Å². The zero-order valence-corrected chi connectivity index (χ0v) is 30.0. The molecule has 0 saturated carbocycles. The van der Waals surface area contributed by atoms with Crippen LogP contribution in [0.15, 0.2) is 164 Å². The van der Waals surface area contributed by atoms with E-state index >= 15 is 0 Å². The zero-order chi connectivity index (χ0) is 35.1. The van der Waals surface area contributed by atoms with Crippen LogP contribution < -0.4 is 0 Å². The summed E-state index contributed by atoms with van der Waals surface area (Å²) in [4.78, 5) is 0. The summed E-state index contributed by atoms with van der Waals surface area (Å²) in [5, 5.41) is 10.5. The summed E-state index contributed by atoms with van der Waals surface area (Å²) < 4.78 is 2.43. The SMILES string of the molecule is Cc1ccc(-c2cc(-c3ccc(-n4c5ccccc5c5ccc(-c6ccccc6)cc54)cc3)c3ccc4cc(C(C)(C)C)cc5ccc2c3c54)cc1. The van der Waals surface area contributed by atoms with Crippen LogP contribution in [0.5, 0.6) is 0 Å². The maximum atomic E-state index is 2.43. The maximum absolute atomic E-state index is 2.43. The summed E-state index contributed by atoms with van der Waals surface area (Å²) in [6.07, 6.45) is 0. The molecular formula is C51H39N. The van der Waals surface area contributed by atoms with Crippen molar-refractivity contribution in [1.29, 1.82) is 0 Å². The van der Waals surface area contributed by atoms with Gasteiger partial charge in [0.1, 0.15) is 0 Å². The largest absolute Gasteiger partial charge is 0.309 e. The van der Waals surface area contributed by atoms with Gasteiger partial charge in [0.2, 0.25) is 0 Å². The number of rotatable bonds is 4. The summed E-state index contributed by atoms with van der Waals surface area (Å²) in [6.45, 7) is 9.07. The van der Waals surface area contributed by atoms with Crippen molar-refractivity contribution >= 4 is 54.1 Å². The van der Waals surface area contributed by atoms with E-state index in [0.29, 0.717) is 0 Å². The molecule has 0 aliphatic rings. The third-order valence-electron chi connectivity index (χ3n) is 11.2. The number of hydrogen-bond donors (Lipinski definition) is 0. The molecule has 1 aromatic heterocycles. The molecule has 0 saturated heterocycles. The molecule has 0 aliphatic carbocycles. The number of benzene rings is 9. The second-order valence-electron chi connectivity index (χ2n) is 15.5. The Morgan fingerprint density at radius 2 is 0.962 bits per heavy atom. The van der Waals surface area contributed by atoms with Crippen LogP contribution in [-0.4, -0.2) is 4.57 Å². The average Bonchev–Trinajstić information content (AvgIpc) is 3.50. The third kappa shape index (κ3) is 4.77. The van der Waals surface area contributed by atoms with Gasteiger partial charge in [-0.25, -0.2) is 0 Å². The molecule has 52 heavy (non-hydrogen) atoms. The molecule has 0 aliphatic heterocycles. The fourth-order valence-electron chi connectivity index (χ4n) is 8.41. The molecule has 0 bridgehead atoms. The van der Waals surface area contributed by atoms with E-state index in [4.69, 9.17) is 0 Å². The Morgan fingerprint density at radius 3 is 1.62 bits per heavy atom. The second kappa shape index (κ2) is 11.4. The molecule has 10 rings (SSSR count). The summed E-state index contributed by atoms with van der Waals surface area (Å²) in [5.74, 6) is 0. The highest BCUT2D eigenvalue weighted by Crippen LogP contribution is 2.45. The van der Waals surface area contributed by atoms with Gasteiger partial charge in [0.25, 0.3) is 0 Å². The second-order valence-corrected chi connectivity index (χ2v) is 15.5. The van der Waals surface area contributed by atoms with Crippen molar-refractivity contribution in [3.63, 3.8) is 0 Å². The van der Waals surface area contributed by atoms with Gasteiger partial charge in [-0.2, -0.15) is 0 Å². The van der Waals surface area contributed by atoms with Crippen molar-refractivity contribution in [3.05, 3.63) is 175 Å². The summed E-state index contributed by atoms with van der Waals surface area (Å²) in [6, 6.07) is 61.2. The molecule has 0 atom stereocenters. The molecule has 0 fully saturated rings. The lowest BCUT2D eigenvalue weighted by Gasteiger charge is -2.23. The van der Waals surface area contributed by atoms with E-state index in [1.165, 1.54) is 98.6 Å². The van der Waals surface area contributed by atoms with Gasteiger partial charge in [0.05, 0.1) is 11.0 Å². The van der Waals surface area contributed by atoms with Crippen molar-refractivity contribution in [1.82, 2.24) is 4.57 Å². The Morgan fingerprint density at radius 1 is 0.404 bits per heavy atom. The van der Waals surface area contributed by atoms with E-state index < -0.39 is 0 Å². The van der Waals surface area contributed by atoms with E-state index in [1.54, 1.807) is 0 Å². The van der Waals surface area contributed by atoms with Crippen molar-refractivity contribution in [2.45, 2.75) is 33.1 Å². The minimum absolute atomic E-state index is 0.0733. The van der Waals surface area contributed by atoms with Gasteiger partial charge in [-0.1, -0.05) is 160 Å². The fourth-order valence-corrected chi connectivity index (χ4v) is 8.41. The standard InChI is InChI=1S/C51H39N/c1-32-14-16-34(17-15-32)45-31-46(44-27-22-38-29-39(51(2,3)4)28-37-21-26-43(45)50(44)49(37)38)35-18-23-40(24-19-35)52-47-13-9-8-12-41(47)42-25-20-36(30-48(42)52)33-10-6-5-7-11-33/h5-31H,1-4H3. The minimum atomic E-state index is 0.0733. The Balaban J connectivity index is 1.19. The third-order valence-corrected chi connectivity index (χ3v) is 11.2. The van der Waals surface area contributed by atoms with Gasteiger partial charge in [-0.05, 0) is 114 Å². The van der Waals surface area contributed by atoms with Crippen LogP contribution in [0.4, 0.5) is 0 Å². The lowest BCUT2D eigenvalue weighted by atomic mass is 9.81. The van der Waals surface area contributed by atoms with Crippen LogP contribution in [-0.2, 0) is 5.41 Å². The van der Waals surface area contributed by atoms with Crippen LogP contribution >= 0.6 is 0 Å². The first-order valence-electron chi connectivity index (χ1n) is 18.3. The van der Waals surface area contributed by atoms with Crippen molar-refractivity contribution < 1.29 is 0 Å². The molecule has 9 aromatic carbocycles. The summed E-state index contributed by atoms with van der Waals surface area (Å²) >= 11 is 0. The number of nitrogens with zero attached hydrogens (tertiary/aromatic N) is 1. The van der Waals surface area contributed by atoms with E-state index in [0.717, 1.165) is 5.69 Å². The van der Waals surface area contributed by atoms with Crippen LogP contribution in [0.1, 0.15) is 31.9 Å². The van der Waals surface area contributed by atoms with Crippen molar-refractivity contribution in [3.8, 4) is 39.1 Å². The van der Waals surface area contributed by atoms with Crippen LogP contribution in [0.2, 0.25) is 0 Å². The van der Waals surface area contributed by atoms with Crippen LogP contribution in [0.25, 0.3) is 93.2 Å². The fraction of sp³-hybridized carbons (Fsp3) is 0.0980. The Kier molecular flexibility index (Phi) is 6.73. The molecule has 1 nitrogen and oxygen atoms in total. The lowest BCUT2D eigenvalue weighted by Crippen LogP contribution is -2.10. The number of aryl methyl sites for hydroxylation is 1. The van der Waals surface area contributed by atoms with E-state index in [-0.39, 0.29) is 5.41 Å². The normalized spacial score (nSPS) is 12.2. The quantitative estimate of drug-likeness (QED) is 0.165. The Labute approximate surface area is 304 Å². The number of para-hydroxylation sites is 1. The average molecular weight is 666 g/mol. The summed E-state index contributed by atoms with van der Waals surface area (Å²) in [7, 11) is 0. The highest BCUT2D eigenvalue weighted by atomic mass is 15.0. The summed E-state index contributed by atoms with van der Waals surface area (Å²) in [5.41, 5.74) is 13.8. The first kappa shape index (κ1) is 30.6. The molecule has 0 amide bonds. The monoisotopic (exact) mass is 665 g/mol. The first-order valence-corrected chi connectivity index (χ1v) is 18.3. The Hall–Kier alpha value is -6.18. The van der Waals surface area contributed by atoms with Crippen molar-refractivity contribution in [2.75, 3.05) is 0 Å². The number of aromatic nitrogens is 1. The molecule has 0 unspecified atom stereocenters. The minimum Gasteiger partial charge on any atom is -0.309 e. The molecule has 10 aromatic rings. The molecule has 248 valence electrons. The highest BCUT2D eigenvalue weighted by molar-refractivity contribution is 6.28. The number of hydrogen-bond acceptors (Lipinski definition) is 0. The maximum Gasteiger partial charge on any atom is 0.0547 e. The van der Waals surface area contributed by atoms with Gasteiger partial charge < -0.3 is 4.57 Å². The van der Waals surface area contributed by atoms with Crippen LogP contribution in [0, 0.1) is 6.92 Å². The molecule has 0 spiro atoms.